The summed E-state index contributed by atoms with van der Waals surface area (Å²) in [5, 5.41) is 0. The smallest absolute Gasteiger partial charge is 0.360 e. The Kier molecular flexibility index (Phi) is 3.10. The molecule has 1 rings (SSSR count). The molecule has 0 radical (unpaired) electrons. The number of rotatable bonds is 3. The maximum Gasteiger partial charge on any atom is 0.360 e. The lowest BCUT2D eigenvalue weighted by Crippen LogP contribution is -2.04. The molecule has 0 amide bonds. The predicted octanol–water partition coefficient (Wildman–Crippen LogP) is 1.59. The molecular formula is C7H8ClNO3. The Morgan fingerprint density at radius 2 is 2.58 bits per heavy atom. The topological polar surface area (TPSA) is 52.3 Å². The second-order valence-corrected chi connectivity index (χ2v) is 2.25. The molecule has 1 aromatic heterocycles. The molecule has 0 spiro atoms. The number of esters is 1. The third-order valence-electron chi connectivity index (χ3n) is 1.15. The molecule has 0 saturated carbocycles. The number of halogens is 1. The van der Waals surface area contributed by atoms with Crippen molar-refractivity contribution in [1.82, 2.24) is 4.98 Å². The van der Waals surface area contributed by atoms with Crippen molar-refractivity contribution in [3.63, 3.8) is 0 Å². The van der Waals surface area contributed by atoms with E-state index >= 15 is 0 Å². The molecule has 12 heavy (non-hydrogen) atoms. The Balaban J connectivity index is 2.68. The van der Waals surface area contributed by atoms with Crippen LogP contribution in [-0.4, -0.2) is 17.6 Å². The van der Waals surface area contributed by atoms with Crippen LogP contribution in [0.3, 0.4) is 0 Å². The minimum Gasteiger partial charge on any atom is -0.461 e. The molecule has 0 aliphatic rings. The SMILES string of the molecule is CCOC(=O)c1coc(CCl)n1. The first-order valence-corrected chi connectivity index (χ1v) is 3.99. The highest BCUT2D eigenvalue weighted by atomic mass is 35.5. The Hall–Kier alpha value is -1.03. The molecule has 0 atom stereocenters. The van der Waals surface area contributed by atoms with Crippen molar-refractivity contribution in [1.29, 1.82) is 0 Å². The van der Waals surface area contributed by atoms with Crippen LogP contribution in [0.1, 0.15) is 23.3 Å². The van der Waals surface area contributed by atoms with Crippen molar-refractivity contribution in [2.75, 3.05) is 6.61 Å². The quantitative estimate of drug-likeness (QED) is 0.535. The van der Waals surface area contributed by atoms with Crippen molar-refractivity contribution in [2.45, 2.75) is 12.8 Å². The summed E-state index contributed by atoms with van der Waals surface area (Å²) in [4.78, 5) is 14.8. The largest absolute Gasteiger partial charge is 0.461 e. The summed E-state index contributed by atoms with van der Waals surface area (Å²) in [6.45, 7) is 2.04. The zero-order valence-electron chi connectivity index (χ0n) is 6.54. The molecule has 66 valence electrons. The molecule has 1 aromatic rings. The van der Waals surface area contributed by atoms with Crippen LogP contribution in [0.2, 0.25) is 0 Å². The third-order valence-corrected chi connectivity index (χ3v) is 1.38. The van der Waals surface area contributed by atoms with Crippen LogP contribution in [0.25, 0.3) is 0 Å². The number of oxazole rings is 1. The van der Waals surface area contributed by atoms with E-state index in [2.05, 4.69) is 9.72 Å². The van der Waals surface area contributed by atoms with Crippen LogP contribution in [0.15, 0.2) is 10.7 Å². The van der Waals surface area contributed by atoms with Gasteiger partial charge in [0.05, 0.1) is 12.5 Å². The fraction of sp³-hybridized carbons (Fsp3) is 0.429. The first kappa shape index (κ1) is 9.06. The van der Waals surface area contributed by atoms with Gasteiger partial charge in [0.25, 0.3) is 0 Å². The van der Waals surface area contributed by atoms with Gasteiger partial charge in [0.1, 0.15) is 6.26 Å². The van der Waals surface area contributed by atoms with E-state index in [0.29, 0.717) is 12.5 Å². The number of aromatic nitrogens is 1. The first-order chi connectivity index (χ1) is 5.77. The lowest BCUT2D eigenvalue weighted by Gasteiger charge is -1.94. The van der Waals surface area contributed by atoms with Crippen LogP contribution < -0.4 is 0 Å². The summed E-state index contributed by atoms with van der Waals surface area (Å²) >= 11 is 5.41. The second kappa shape index (κ2) is 4.11. The molecule has 0 aliphatic heterocycles. The van der Waals surface area contributed by atoms with Crippen molar-refractivity contribution < 1.29 is 13.9 Å². The first-order valence-electron chi connectivity index (χ1n) is 3.45. The van der Waals surface area contributed by atoms with Gasteiger partial charge >= 0.3 is 5.97 Å². The van der Waals surface area contributed by atoms with Crippen LogP contribution >= 0.6 is 11.6 Å². The van der Waals surface area contributed by atoms with Gasteiger partial charge in [-0.05, 0) is 6.92 Å². The lowest BCUT2D eigenvalue weighted by molar-refractivity contribution is 0.0519. The number of carbonyl (C=O) groups excluding carboxylic acids is 1. The molecule has 0 unspecified atom stereocenters. The number of nitrogens with zero attached hydrogens (tertiary/aromatic N) is 1. The van der Waals surface area contributed by atoms with E-state index < -0.39 is 5.97 Å². The number of hydrogen-bond acceptors (Lipinski definition) is 4. The molecule has 0 aliphatic carbocycles. The number of hydrogen-bond donors (Lipinski definition) is 0. The zero-order valence-corrected chi connectivity index (χ0v) is 7.30. The molecule has 0 fully saturated rings. The van der Waals surface area contributed by atoms with Gasteiger partial charge in [0, 0.05) is 0 Å². The molecular weight excluding hydrogens is 182 g/mol. The summed E-state index contributed by atoms with van der Waals surface area (Å²) in [5.41, 5.74) is 0.160. The average Bonchev–Trinajstić information content (AvgIpc) is 2.52. The zero-order chi connectivity index (χ0) is 8.97. The molecule has 0 bridgehead atoms. The standard InChI is InChI=1S/C7H8ClNO3/c1-2-11-7(10)5-4-12-6(3-8)9-5/h4H,2-3H2,1H3. The summed E-state index contributed by atoms with van der Waals surface area (Å²) in [6, 6.07) is 0. The van der Waals surface area contributed by atoms with Gasteiger partial charge in [-0.1, -0.05) is 0 Å². The fourth-order valence-corrected chi connectivity index (χ4v) is 0.794. The average molecular weight is 190 g/mol. The normalized spacial score (nSPS) is 9.83. The number of carbonyl (C=O) groups is 1. The minimum absolute atomic E-state index is 0.152. The molecule has 5 heteroatoms. The summed E-state index contributed by atoms with van der Waals surface area (Å²) < 4.78 is 9.52. The Morgan fingerprint density at radius 1 is 1.83 bits per heavy atom. The highest BCUT2D eigenvalue weighted by Gasteiger charge is 2.11. The van der Waals surface area contributed by atoms with E-state index in [1.807, 2.05) is 0 Å². The Morgan fingerprint density at radius 3 is 3.08 bits per heavy atom. The van der Waals surface area contributed by atoms with Crippen LogP contribution in [0.4, 0.5) is 0 Å². The summed E-state index contributed by atoms with van der Waals surface area (Å²) in [6.07, 6.45) is 1.23. The Labute approximate surface area is 74.5 Å². The van der Waals surface area contributed by atoms with Gasteiger partial charge < -0.3 is 9.15 Å². The summed E-state index contributed by atoms with van der Waals surface area (Å²) in [7, 11) is 0. The van der Waals surface area contributed by atoms with E-state index in [-0.39, 0.29) is 11.6 Å². The highest BCUT2D eigenvalue weighted by Crippen LogP contribution is 2.05. The minimum atomic E-state index is -0.488. The number of alkyl halides is 1. The van der Waals surface area contributed by atoms with Gasteiger partial charge in [0.15, 0.2) is 5.69 Å². The van der Waals surface area contributed by atoms with Crippen LogP contribution in [0.5, 0.6) is 0 Å². The van der Waals surface area contributed by atoms with E-state index in [1.54, 1.807) is 6.92 Å². The van der Waals surface area contributed by atoms with Crippen LogP contribution in [-0.2, 0) is 10.6 Å². The highest BCUT2D eigenvalue weighted by molar-refractivity contribution is 6.16. The van der Waals surface area contributed by atoms with Crippen molar-refractivity contribution >= 4 is 17.6 Å². The van der Waals surface area contributed by atoms with Crippen molar-refractivity contribution in [3.05, 3.63) is 17.8 Å². The van der Waals surface area contributed by atoms with E-state index in [9.17, 15) is 4.79 Å². The second-order valence-electron chi connectivity index (χ2n) is 1.98. The molecule has 4 nitrogen and oxygen atoms in total. The predicted molar refractivity (Wildman–Crippen MR) is 42.0 cm³/mol. The van der Waals surface area contributed by atoms with Gasteiger partial charge in [-0.2, -0.15) is 0 Å². The number of ether oxygens (including phenoxy) is 1. The van der Waals surface area contributed by atoms with Gasteiger partial charge in [-0.3, -0.25) is 0 Å². The van der Waals surface area contributed by atoms with Crippen LogP contribution in [0, 0.1) is 0 Å². The van der Waals surface area contributed by atoms with Gasteiger partial charge in [-0.15, -0.1) is 11.6 Å². The lowest BCUT2D eigenvalue weighted by atomic mass is 10.5. The molecule has 0 N–H and O–H groups in total. The van der Waals surface area contributed by atoms with E-state index in [0.717, 1.165) is 0 Å². The van der Waals surface area contributed by atoms with E-state index in [1.165, 1.54) is 6.26 Å². The van der Waals surface area contributed by atoms with Crippen molar-refractivity contribution in [3.8, 4) is 0 Å². The van der Waals surface area contributed by atoms with E-state index in [4.69, 9.17) is 16.0 Å². The monoisotopic (exact) mass is 189 g/mol. The van der Waals surface area contributed by atoms with Gasteiger partial charge in [-0.25, -0.2) is 9.78 Å². The summed E-state index contributed by atoms with van der Waals surface area (Å²) in [5.74, 6) is -0.0169. The maximum absolute atomic E-state index is 11.0. The fourth-order valence-electron chi connectivity index (χ4n) is 0.671. The Bertz CT molecular complexity index is 271. The van der Waals surface area contributed by atoms with Crippen molar-refractivity contribution in [2.24, 2.45) is 0 Å². The molecule has 0 saturated heterocycles. The molecule has 1 heterocycles. The molecule has 0 aromatic carbocycles. The maximum atomic E-state index is 11.0. The van der Waals surface area contributed by atoms with Gasteiger partial charge in [0.2, 0.25) is 5.89 Å². The third kappa shape index (κ3) is 1.98.